The zero-order valence-electron chi connectivity index (χ0n) is 18.8. The summed E-state index contributed by atoms with van der Waals surface area (Å²) in [6, 6.07) is 4.49. The Labute approximate surface area is 212 Å². The van der Waals surface area contributed by atoms with Crippen molar-refractivity contribution in [2.75, 3.05) is 13.1 Å². The molecule has 2 N–H and O–H groups in total. The van der Waals surface area contributed by atoms with Gasteiger partial charge in [0.1, 0.15) is 17.5 Å². The van der Waals surface area contributed by atoms with E-state index in [2.05, 4.69) is 15.4 Å². The number of aliphatic imine (C=N–C) groups is 1. The van der Waals surface area contributed by atoms with Crippen LogP contribution in [0.4, 0.5) is 13.2 Å². The number of aromatic nitrogens is 3. The lowest BCUT2D eigenvalue weighted by Crippen LogP contribution is -2.45. The highest BCUT2D eigenvalue weighted by Gasteiger charge is 2.47. The van der Waals surface area contributed by atoms with Gasteiger partial charge in [0.2, 0.25) is 5.91 Å². The molecule has 3 aromatic rings. The van der Waals surface area contributed by atoms with Gasteiger partial charge < -0.3 is 15.3 Å². The molecule has 5 rings (SSSR count). The van der Waals surface area contributed by atoms with E-state index in [1.807, 2.05) is 0 Å². The predicted molar refractivity (Wildman–Crippen MR) is 128 cm³/mol. The first-order valence-corrected chi connectivity index (χ1v) is 12.1. The van der Waals surface area contributed by atoms with Crippen LogP contribution in [0.2, 0.25) is 5.02 Å². The van der Waals surface area contributed by atoms with Crippen LogP contribution in [-0.4, -0.2) is 55.2 Å². The van der Waals surface area contributed by atoms with Gasteiger partial charge in [-0.25, -0.2) is 14.1 Å². The molecule has 8 nitrogen and oxygen atoms in total. The third-order valence-corrected chi connectivity index (χ3v) is 7.09. The molecule has 0 aliphatic carbocycles. The first-order chi connectivity index (χ1) is 17.1. The van der Waals surface area contributed by atoms with Crippen molar-refractivity contribution in [3.8, 4) is 0 Å². The lowest BCUT2D eigenvalue weighted by molar-refractivity contribution is -0.120. The zero-order chi connectivity index (χ0) is 25.6. The Morgan fingerprint density at radius 2 is 2.19 bits per heavy atom. The fourth-order valence-electron chi connectivity index (χ4n) is 4.45. The van der Waals surface area contributed by atoms with Gasteiger partial charge in [-0.3, -0.25) is 9.79 Å². The maximum absolute atomic E-state index is 13.9. The van der Waals surface area contributed by atoms with E-state index in [1.54, 1.807) is 16.5 Å². The van der Waals surface area contributed by atoms with Gasteiger partial charge in [-0.2, -0.15) is 13.9 Å². The molecular formula is C23H20ClF3N6O2S. The normalized spacial score (nSPS) is 21.7. The summed E-state index contributed by atoms with van der Waals surface area (Å²) >= 11 is 7.76. The molecule has 2 aliphatic rings. The number of rotatable bonds is 6. The van der Waals surface area contributed by atoms with Crippen molar-refractivity contribution in [1.82, 2.24) is 25.0 Å². The number of nitrogens with one attached hydrogen (secondary N) is 1. The number of hydrogen-bond acceptors (Lipinski definition) is 7. The molecule has 2 aliphatic heterocycles. The first kappa shape index (κ1) is 24.5. The molecule has 2 aromatic heterocycles. The molecule has 0 bridgehead atoms. The van der Waals surface area contributed by atoms with Crippen molar-refractivity contribution in [3.63, 3.8) is 0 Å². The largest absolute Gasteiger partial charge is 0.386 e. The van der Waals surface area contributed by atoms with Crippen LogP contribution < -0.4 is 5.32 Å². The van der Waals surface area contributed by atoms with Crippen molar-refractivity contribution >= 4 is 40.3 Å². The summed E-state index contributed by atoms with van der Waals surface area (Å²) in [5.74, 6) is -0.392. The number of hydrogen-bond donors (Lipinski definition) is 2. The molecule has 0 radical (unpaired) electrons. The third kappa shape index (κ3) is 4.51. The lowest BCUT2D eigenvalue weighted by atomic mass is 9.91. The smallest absolute Gasteiger partial charge is 0.333 e. The number of carbonyl (C=O) groups excluding carboxylic acids is 1. The second-order valence-corrected chi connectivity index (χ2v) is 9.88. The summed E-state index contributed by atoms with van der Waals surface area (Å²) in [7, 11) is 0. The monoisotopic (exact) mass is 536 g/mol. The summed E-state index contributed by atoms with van der Waals surface area (Å²) in [5, 5.41) is 20.6. The second-order valence-electron chi connectivity index (χ2n) is 8.57. The van der Waals surface area contributed by atoms with Crippen LogP contribution in [0, 0.1) is 5.82 Å². The Morgan fingerprint density at radius 3 is 2.83 bits per heavy atom. The minimum Gasteiger partial charge on any atom is -0.386 e. The molecule has 1 fully saturated rings. The Kier molecular flexibility index (Phi) is 6.35. The molecule has 13 heteroatoms. The molecule has 36 heavy (non-hydrogen) atoms. The quantitative estimate of drug-likeness (QED) is 0.496. The van der Waals surface area contributed by atoms with E-state index in [1.165, 1.54) is 36.5 Å². The van der Waals surface area contributed by atoms with E-state index >= 15 is 0 Å². The minimum absolute atomic E-state index is 0.0335. The average Bonchev–Trinajstić information content (AvgIpc) is 3.57. The Bertz CT molecular complexity index is 1380. The van der Waals surface area contributed by atoms with Gasteiger partial charge in [0.15, 0.2) is 10.8 Å². The summed E-state index contributed by atoms with van der Waals surface area (Å²) in [4.78, 5) is 22.6. The van der Waals surface area contributed by atoms with Gasteiger partial charge in [-0.1, -0.05) is 17.7 Å². The van der Waals surface area contributed by atoms with E-state index in [0.717, 1.165) is 12.3 Å². The highest BCUT2D eigenvalue weighted by molar-refractivity contribution is 7.11. The molecule has 188 valence electrons. The van der Waals surface area contributed by atoms with Crippen LogP contribution in [-0.2, 0) is 4.79 Å². The number of thiazole rings is 1. The average molecular weight is 537 g/mol. The second kappa shape index (κ2) is 9.34. The number of benzene rings is 1. The van der Waals surface area contributed by atoms with Crippen LogP contribution in [0.25, 0.3) is 5.57 Å². The molecular weight excluding hydrogens is 517 g/mol. The van der Waals surface area contributed by atoms with E-state index in [-0.39, 0.29) is 36.1 Å². The van der Waals surface area contributed by atoms with E-state index in [0.29, 0.717) is 32.4 Å². The number of aliphatic hydroxyl groups is 1. The van der Waals surface area contributed by atoms with Gasteiger partial charge in [0, 0.05) is 59.5 Å². The van der Waals surface area contributed by atoms with Crippen molar-refractivity contribution < 1.29 is 23.1 Å². The lowest BCUT2D eigenvalue weighted by Gasteiger charge is -2.32. The van der Waals surface area contributed by atoms with Gasteiger partial charge in [0.05, 0.1) is 12.2 Å². The van der Waals surface area contributed by atoms with Crippen LogP contribution in [0.5, 0.6) is 0 Å². The topological polar surface area (TPSA) is 95.6 Å². The van der Waals surface area contributed by atoms with Crippen LogP contribution >= 0.6 is 22.9 Å². The highest BCUT2D eigenvalue weighted by atomic mass is 35.5. The Balaban J connectivity index is 1.71. The van der Waals surface area contributed by atoms with Crippen molar-refractivity contribution in [1.29, 1.82) is 0 Å². The highest BCUT2D eigenvalue weighted by Crippen LogP contribution is 2.48. The molecule has 2 atom stereocenters. The van der Waals surface area contributed by atoms with Gasteiger partial charge in [-0.15, -0.1) is 11.3 Å². The van der Waals surface area contributed by atoms with Crippen molar-refractivity contribution in [2.24, 2.45) is 4.99 Å². The Hall–Kier alpha value is -3.22. The molecule has 0 spiro atoms. The zero-order valence-corrected chi connectivity index (χ0v) is 20.4. The maximum atomic E-state index is 13.9. The van der Waals surface area contributed by atoms with Crippen LogP contribution in [0.1, 0.15) is 42.2 Å². The van der Waals surface area contributed by atoms with Gasteiger partial charge in [-0.05, 0) is 18.2 Å². The molecule has 1 amide bonds. The van der Waals surface area contributed by atoms with Gasteiger partial charge in [0.25, 0.3) is 0 Å². The third-order valence-electron chi connectivity index (χ3n) is 6.00. The van der Waals surface area contributed by atoms with E-state index in [9.17, 15) is 23.1 Å². The number of nitrogens with zero attached hydrogens (tertiary/aromatic N) is 5. The number of amides is 1. The minimum atomic E-state index is -2.86. The fraction of sp³-hybridized carbons (Fsp3) is 0.304. The number of carbonyl (C=O) groups is 1. The molecule has 1 saturated heterocycles. The van der Waals surface area contributed by atoms with Crippen LogP contribution in [0.15, 0.2) is 52.7 Å². The Morgan fingerprint density at radius 1 is 1.39 bits per heavy atom. The van der Waals surface area contributed by atoms with Crippen molar-refractivity contribution in [2.45, 2.75) is 31.5 Å². The molecule has 0 unspecified atom stereocenters. The number of alkyl halides is 2. The van der Waals surface area contributed by atoms with E-state index < -0.39 is 24.0 Å². The first-order valence-electron chi connectivity index (χ1n) is 10.9. The summed E-state index contributed by atoms with van der Waals surface area (Å²) in [6.45, 7) is -1.47. The summed E-state index contributed by atoms with van der Waals surface area (Å²) < 4.78 is 41.2. The predicted octanol–water partition coefficient (Wildman–Crippen LogP) is 4.01. The number of fused-ring (bicyclic) bond motifs is 1. The summed E-state index contributed by atoms with van der Waals surface area (Å²) in [6.07, 6.45) is 2.84. The fourth-order valence-corrected chi connectivity index (χ4v) is 5.36. The van der Waals surface area contributed by atoms with Crippen LogP contribution in [0.3, 0.4) is 0 Å². The SMILES string of the molecule is CC(=O)NC[C@@]1(O)CC2=C(c3ccn(C(F)F)n3)[C@H](c3ccc(F)cc3Cl)N=C(c3nccs3)N2C1. The van der Waals surface area contributed by atoms with E-state index in [4.69, 9.17) is 16.6 Å². The summed E-state index contributed by atoms with van der Waals surface area (Å²) in [5.41, 5.74) is 0.302. The van der Waals surface area contributed by atoms with Crippen molar-refractivity contribution in [3.05, 3.63) is 74.8 Å². The molecule has 1 aromatic carbocycles. The number of halogens is 4. The maximum Gasteiger partial charge on any atom is 0.333 e. The van der Waals surface area contributed by atoms with Gasteiger partial charge >= 0.3 is 6.55 Å². The molecule has 4 heterocycles. The standard InChI is InChI=1S/C23H20ClF3N6O2S/c1-12(34)29-10-23(35)9-17-18(16-4-6-33(31-16)22(26)27)19(14-3-2-13(25)8-15(14)24)30-20(32(17)11-23)21-28-5-7-36-21/h2-8,19,22,35H,9-11H2,1H3,(H,29,34)/t19-,23-/m0/s1. The number of amidine groups is 1. The molecule has 0 saturated carbocycles.